The van der Waals surface area contributed by atoms with Gasteiger partial charge in [-0.2, -0.15) is 0 Å². The Kier molecular flexibility index (Phi) is 6.24. The van der Waals surface area contributed by atoms with Crippen LogP contribution in [0.2, 0.25) is 5.02 Å². The molecule has 9 heteroatoms. The molecule has 7 nitrogen and oxygen atoms in total. The molecule has 1 amide bonds. The lowest BCUT2D eigenvalue weighted by atomic mass is 10.2. The fourth-order valence-electron chi connectivity index (χ4n) is 2.91. The van der Waals surface area contributed by atoms with Crippen LogP contribution in [0.4, 0.5) is 5.69 Å². The van der Waals surface area contributed by atoms with E-state index in [0.717, 1.165) is 16.1 Å². The fraction of sp³-hybridized carbons (Fsp3) is 0.350. The third kappa shape index (κ3) is 5.33. The molecule has 2 aromatic carbocycles. The van der Waals surface area contributed by atoms with E-state index in [1.165, 1.54) is 6.07 Å². The molecule has 29 heavy (non-hydrogen) atoms. The predicted molar refractivity (Wildman–Crippen MR) is 112 cm³/mol. The van der Waals surface area contributed by atoms with Crippen molar-refractivity contribution in [3.63, 3.8) is 0 Å². The van der Waals surface area contributed by atoms with Crippen molar-refractivity contribution in [3.05, 3.63) is 53.1 Å². The molecular formula is C20H23ClN2O5S. The van der Waals surface area contributed by atoms with Gasteiger partial charge in [-0.25, -0.2) is 8.42 Å². The summed E-state index contributed by atoms with van der Waals surface area (Å²) < 4.78 is 37.0. The number of amides is 1. The second-order valence-corrected chi connectivity index (χ2v) is 9.39. The predicted octanol–water partition coefficient (Wildman–Crippen LogP) is 2.76. The van der Waals surface area contributed by atoms with E-state index in [9.17, 15) is 13.2 Å². The van der Waals surface area contributed by atoms with E-state index in [-0.39, 0.29) is 24.9 Å². The Morgan fingerprint density at radius 1 is 1.31 bits per heavy atom. The van der Waals surface area contributed by atoms with Crippen LogP contribution in [-0.2, 0) is 14.8 Å². The number of fused-ring (bicyclic) bond motifs is 1. The second kappa shape index (κ2) is 8.51. The first-order valence-electron chi connectivity index (χ1n) is 9.07. The Hall–Kier alpha value is -2.45. The SMILES string of the molecule is Cc1ccc(OC[C@@H](C)NC(=O)[C@H]2CN(S(C)(=O)=O)c3cc(Cl)ccc3O2)cc1. The molecule has 1 heterocycles. The molecule has 0 aliphatic carbocycles. The van der Waals surface area contributed by atoms with Crippen LogP contribution in [0.3, 0.4) is 0 Å². The van der Waals surface area contributed by atoms with Crippen LogP contribution in [0.5, 0.6) is 11.5 Å². The normalized spacial score (nSPS) is 17.1. The number of benzene rings is 2. The Morgan fingerprint density at radius 2 is 2.00 bits per heavy atom. The number of rotatable bonds is 6. The third-order valence-corrected chi connectivity index (χ3v) is 5.77. The molecule has 1 N–H and O–H groups in total. The Morgan fingerprint density at radius 3 is 2.66 bits per heavy atom. The molecule has 0 spiro atoms. The van der Waals surface area contributed by atoms with Gasteiger partial charge >= 0.3 is 0 Å². The average Bonchev–Trinajstić information content (AvgIpc) is 2.65. The number of halogens is 1. The maximum Gasteiger partial charge on any atom is 0.263 e. The Balaban J connectivity index is 1.66. The number of anilines is 1. The number of hydrogen-bond acceptors (Lipinski definition) is 5. The van der Waals surface area contributed by atoms with Gasteiger partial charge in [0, 0.05) is 5.02 Å². The number of carbonyl (C=O) groups excluding carboxylic acids is 1. The van der Waals surface area contributed by atoms with Crippen LogP contribution in [-0.4, -0.2) is 45.9 Å². The number of hydrogen-bond donors (Lipinski definition) is 1. The van der Waals surface area contributed by atoms with Crippen LogP contribution in [0.15, 0.2) is 42.5 Å². The van der Waals surface area contributed by atoms with Gasteiger partial charge in [0.1, 0.15) is 18.1 Å². The highest BCUT2D eigenvalue weighted by atomic mass is 35.5. The van der Waals surface area contributed by atoms with Crippen LogP contribution in [0.25, 0.3) is 0 Å². The molecule has 0 fully saturated rings. The number of sulfonamides is 1. The molecule has 1 aliphatic heterocycles. The van der Waals surface area contributed by atoms with Crippen molar-refractivity contribution < 1.29 is 22.7 Å². The van der Waals surface area contributed by atoms with Crippen molar-refractivity contribution in [2.45, 2.75) is 26.0 Å². The molecule has 1 aliphatic rings. The zero-order valence-electron chi connectivity index (χ0n) is 16.4. The highest BCUT2D eigenvalue weighted by molar-refractivity contribution is 7.92. The van der Waals surface area contributed by atoms with Gasteiger partial charge in [0.05, 0.1) is 24.5 Å². The van der Waals surface area contributed by atoms with Gasteiger partial charge in [0.15, 0.2) is 6.10 Å². The summed E-state index contributed by atoms with van der Waals surface area (Å²) in [4.78, 5) is 12.7. The summed E-state index contributed by atoms with van der Waals surface area (Å²) in [5.74, 6) is 0.578. The second-order valence-electron chi connectivity index (χ2n) is 7.05. The summed E-state index contributed by atoms with van der Waals surface area (Å²) in [5.41, 5.74) is 1.45. The quantitative estimate of drug-likeness (QED) is 0.749. The summed E-state index contributed by atoms with van der Waals surface area (Å²) in [6.45, 7) is 3.92. The van der Waals surface area contributed by atoms with Crippen molar-refractivity contribution in [3.8, 4) is 11.5 Å². The van der Waals surface area contributed by atoms with E-state index < -0.39 is 22.0 Å². The summed E-state index contributed by atoms with van der Waals surface area (Å²) in [6, 6.07) is 11.9. The highest BCUT2D eigenvalue weighted by Crippen LogP contribution is 2.37. The maximum atomic E-state index is 12.7. The van der Waals surface area contributed by atoms with Crippen LogP contribution in [0, 0.1) is 6.92 Å². The van der Waals surface area contributed by atoms with Crippen LogP contribution >= 0.6 is 11.6 Å². The van der Waals surface area contributed by atoms with Gasteiger partial charge in [0.25, 0.3) is 5.91 Å². The zero-order valence-corrected chi connectivity index (χ0v) is 18.0. The smallest absolute Gasteiger partial charge is 0.263 e. The van der Waals surface area contributed by atoms with E-state index >= 15 is 0 Å². The first-order valence-corrected chi connectivity index (χ1v) is 11.3. The van der Waals surface area contributed by atoms with Gasteiger partial charge in [-0.05, 0) is 44.2 Å². The molecule has 0 bridgehead atoms. The minimum atomic E-state index is -3.61. The average molecular weight is 439 g/mol. The Bertz CT molecular complexity index is 994. The lowest BCUT2D eigenvalue weighted by Crippen LogP contribution is -2.52. The van der Waals surface area contributed by atoms with Crippen molar-refractivity contribution in [2.24, 2.45) is 0 Å². The molecule has 0 aromatic heterocycles. The first-order chi connectivity index (χ1) is 13.6. The van der Waals surface area contributed by atoms with Crippen molar-refractivity contribution in [1.82, 2.24) is 5.32 Å². The Labute approximate surface area is 175 Å². The molecule has 3 rings (SSSR count). The third-order valence-electron chi connectivity index (χ3n) is 4.39. The molecule has 0 radical (unpaired) electrons. The monoisotopic (exact) mass is 438 g/mol. The number of nitrogens with zero attached hydrogens (tertiary/aromatic N) is 1. The molecule has 0 unspecified atom stereocenters. The molecular weight excluding hydrogens is 416 g/mol. The summed E-state index contributed by atoms with van der Waals surface area (Å²) in [6.07, 6.45) is 0.0935. The van der Waals surface area contributed by atoms with Crippen LogP contribution in [0.1, 0.15) is 12.5 Å². The lowest BCUT2D eigenvalue weighted by Gasteiger charge is -2.34. The van der Waals surface area contributed by atoms with E-state index in [1.54, 1.807) is 19.1 Å². The number of carbonyl (C=O) groups is 1. The molecule has 0 saturated heterocycles. The maximum absolute atomic E-state index is 12.7. The fourth-order valence-corrected chi connectivity index (χ4v) is 3.98. The van der Waals surface area contributed by atoms with E-state index in [0.29, 0.717) is 16.5 Å². The van der Waals surface area contributed by atoms with Crippen molar-refractivity contribution in [1.29, 1.82) is 0 Å². The molecule has 2 atom stereocenters. The van der Waals surface area contributed by atoms with E-state index in [1.807, 2.05) is 31.2 Å². The molecule has 0 saturated carbocycles. The first kappa shape index (κ1) is 21.3. The minimum absolute atomic E-state index is 0.135. The standard InChI is InChI=1S/C20H23ClN2O5S/c1-13-4-7-16(8-5-13)27-12-14(2)22-20(24)19-11-23(29(3,25)26)17-10-15(21)6-9-18(17)28-19/h4-10,14,19H,11-12H2,1-3H3,(H,22,24)/t14-,19-/m1/s1. The van der Waals surface area contributed by atoms with Gasteiger partial charge < -0.3 is 14.8 Å². The van der Waals surface area contributed by atoms with Crippen LogP contribution < -0.4 is 19.1 Å². The number of nitrogens with one attached hydrogen (secondary N) is 1. The summed E-state index contributed by atoms with van der Waals surface area (Å²) in [7, 11) is -3.61. The summed E-state index contributed by atoms with van der Waals surface area (Å²) >= 11 is 5.98. The van der Waals surface area contributed by atoms with Gasteiger partial charge in [-0.15, -0.1) is 0 Å². The molecule has 156 valence electrons. The molecule has 2 aromatic rings. The number of aryl methyl sites for hydroxylation is 1. The van der Waals surface area contributed by atoms with Gasteiger partial charge in [-0.1, -0.05) is 29.3 Å². The van der Waals surface area contributed by atoms with Crippen molar-refractivity contribution >= 4 is 33.2 Å². The lowest BCUT2D eigenvalue weighted by molar-refractivity contribution is -0.128. The zero-order chi connectivity index (χ0) is 21.2. The highest BCUT2D eigenvalue weighted by Gasteiger charge is 2.35. The van der Waals surface area contributed by atoms with E-state index in [4.69, 9.17) is 21.1 Å². The topological polar surface area (TPSA) is 84.9 Å². The van der Waals surface area contributed by atoms with Gasteiger partial charge in [0.2, 0.25) is 10.0 Å². The number of ether oxygens (including phenoxy) is 2. The largest absolute Gasteiger partial charge is 0.491 e. The van der Waals surface area contributed by atoms with Crippen molar-refractivity contribution in [2.75, 3.05) is 23.7 Å². The van der Waals surface area contributed by atoms with Gasteiger partial charge in [-0.3, -0.25) is 9.10 Å². The summed E-state index contributed by atoms with van der Waals surface area (Å²) in [5, 5.41) is 3.19. The minimum Gasteiger partial charge on any atom is -0.491 e. The van der Waals surface area contributed by atoms with E-state index in [2.05, 4.69) is 5.32 Å².